The first-order chi connectivity index (χ1) is 25.8. The Hall–Kier alpha value is -6.97. The van der Waals surface area contributed by atoms with Gasteiger partial charge in [-0.2, -0.15) is 0 Å². The minimum Gasteiger partial charge on any atom is -0.436 e. The van der Waals surface area contributed by atoms with Crippen LogP contribution in [-0.4, -0.2) is 9.55 Å². The molecule has 0 aliphatic heterocycles. The molecule has 52 heavy (non-hydrogen) atoms. The van der Waals surface area contributed by atoms with Crippen molar-refractivity contribution >= 4 is 32.9 Å². The van der Waals surface area contributed by atoms with Crippen LogP contribution in [0.4, 0.5) is 0 Å². The predicted molar refractivity (Wildman–Crippen MR) is 216 cm³/mol. The van der Waals surface area contributed by atoms with Gasteiger partial charge in [0, 0.05) is 22.0 Å². The van der Waals surface area contributed by atoms with Crippen LogP contribution < -0.4 is 0 Å². The van der Waals surface area contributed by atoms with Gasteiger partial charge >= 0.3 is 0 Å². The summed E-state index contributed by atoms with van der Waals surface area (Å²) >= 11 is 0. The highest BCUT2D eigenvalue weighted by atomic mass is 16.3. The molecule has 0 aliphatic carbocycles. The van der Waals surface area contributed by atoms with Gasteiger partial charge in [0.1, 0.15) is 5.52 Å². The molecule has 0 N–H and O–H groups in total. The molecule has 0 atom stereocenters. The average Bonchev–Trinajstić information content (AvgIpc) is 3.81. The Labute approximate surface area is 301 Å². The van der Waals surface area contributed by atoms with Crippen LogP contribution in [0.1, 0.15) is 0 Å². The zero-order chi connectivity index (χ0) is 34.4. The molecule has 0 saturated carbocycles. The van der Waals surface area contributed by atoms with Crippen molar-refractivity contribution in [2.24, 2.45) is 0 Å². The molecule has 8 aromatic carbocycles. The molecule has 244 valence electrons. The summed E-state index contributed by atoms with van der Waals surface area (Å²) in [5.41, 5.74) is 15.6. The summed E-state index contributed by atoms with van der Waals surface area (Å²) < 4.78 is 8.48. The molecule has 2 heterocycles. The second-order valence-electron chi connectivity index (χ2n) is 13.2. The number of hydrogen-bond acceptors (Lipinski definition) is 2. The van der Waals surface area contributed by atoms with E-state index < -0.39 is 0 Å². The summed E-state index contributed by atoms with van der Waals surface area (Å²) in [7, 11) is 0. The lowest BCUT2D eigenvalue weighted by atomic mass is 9.92. The minimum absolute atomic E-state index is 0.624. The third-order valence-electron chi connectivity index (χ3n) is 10.1. The maximum absolute atomic E-state index is 6.10. The zero-order valence-corrected chi connectivity index (χ0v) is 28.3. The molecule has 0 saturated heterocycles. The summed E-state index contributed by atoms with van der Waals surface area (Å²) in [4.78, 5) is 4.74. The number of para-hydroxylation sites is 2. The van der Waals surface area contributed by atoms with E-state index in [0.717, 1.165) is 33.4 Å². The first kappa shape index (κ1) is 29.9. The van der Waals surface area contributed by atoms with Gasteiger partial charge in [-0.15, -0.1) is 0 Å². The Morgan fingerprint density at radius 3 is 1.33 bits per heavy atom. The Kier molecular flexibility index (Phi) is 7.14. The van der Waals surface area contributed by atoms with E-state index >= 15 is 0 Å². The Balaban J connectivity index is 1.17. The molecule has 3 heteroatoms. The van der Waals surface area contributed by atoms with Crippen LogP contribution in [0, 0.1) is 0 Å². The highest BCUT2D eigenvalue weighted by Crippen LogP contribution is 2.41. The van der Waals surface area contributed by atoms with Gasteiger partial charge in [0.15, 0.2) is 5.58 Å². The number of oxazole rings is 1. The van der Waals surface area contributed by atoms with E-state index in [9.17, 15) is 0 Å². The Bertz CT molecular complexity index is 2710. The van der Waals surface area contributed by atoms with Gasteiger partial charge in [0.2, 0.25) is 5.89 Å². The minimum atomic E-state index is 0.624. The zero-order valence-electron chi connectivity index (χ0n) is 28.3. The second kappa shape index (κ2) is 12.4. The summed E-state index contributed by atoms with van der Waals surface area (Å²) in [5, 5.41) is 2.41. The standard InChI is InChI=1S/C49H32N2O/c1-3-13-33(14-4-1)39-17-7-9-19-41(39)36-25-29-46-43(31-36)44-32-37(42-20-10-8-18-40(42)34-15-5-2-6-16-34)26-30-47(44)51(46)38-27-23-35(24-28-38)49-50-45-21-11-12-22-48(45)52-49/h1-32H. The van der Waals surface area contributed by atoms with E-state index in [0.29, 0.717) is 5.89 Å². The molecule has 0 bridgehead atoms. The van der Waals surface area contributed by atoms with Crippen LogP contribution in [-0.2, 0) is 0 Å². The fraction of sp³-hybridized carbons (Fsp3) is 0. The van der Waals surface area contributed by atoms with E-state index in [2.05, 4.69) is 174 Å². The number of benzene rings is 8. The van der Waals surface area contributed by atoms with Crippen LogP contribution in [0.15, 0.2) is 199 Å². The molecule has 0 radical (unpaired) electrons. The third-order valence-corrected chi connectivity index (χ3v) is 10.1. The molecule has 10 rings (SSSR count). The van der Waals surface area contributed by atoms with E-state index in [1.165, 1.54) is 55.3 Å². The lowest BCUT2D eigenvalue weighted by Gasteiger charge is -2.12. The van der Waals surface area contributed by atoms with Crippen molar-refractivity contribution in [3.8, 4) is 61.6 Å². The lowest BCUT2D eigenvalue weighted by Crippen LogP contribution is -1.94. The van der Waals surface area contributed by atoms with Crippen molar-refractivity contribution in [3.63, 3.8) is 0 Å². The van der Waals surface area contributed by atoms with E-state index in [1.54, 1.807) is 0 Å². The average molecular weight is 665 g/mol. The first-order valence-electron chi connectivity index (χ1n) is 17.6. The number of aromatic nitrogens is 2. The van der Waals surface area contributed by atoms with E-state index in [-0.39, 0.29) is 0 Å². The van der Waals surface area contributed by atoms with Crippen LogP contribution in [0.25, 0.3) is 94.6 Å². The molecule has 10 aromatic rings. The Morgan fingerprint density at radius 2 is 0.808 bits per heavy atom. The van der Waals surface area contributed by atoms with Gasteiger partial charge in [-0.25, -0.2) is 4.98 Å². The molecule has 0 spiro atoms. The van der Waals surface area contributed by atoms with Gasteiger partial charge in [-0.1, -0.05) is 133 Å². The number of nitrogens with zero attached hydrogens (tertiary/aromatic N) is 2. The molecule has 3 nitrogen and oxygen atoms in total. The lowest BCUT2D eigenvalue weighted by molar-refractivity contribution is 0.620. The molecular formula is C49H32N2O. The van der Waals surface area contributed by atoms with Crippen molar-refractivity contribution in [1.82, 2.24) is 9.55 Å². The summed E-state index contributed by atoms with van der Waals surface area (Å²) in [6, 6.07) is 69.0. The topological polar surface area (TPSA) is 31.0 Å². The number of fused-ring (bicyclic) bond motifs is 4. The molecule has 0 fully saturated rings. The van der Waals surface area contributed by atoms with E-state index in [1.807, 2.05) is 24.3 Å². The van der Waals surface area contributed by atoms with Crippen LogP contribution in [0.5, 0.6) is 0 Å². The van der Waals surface area contributed by atoms with Crippen molar-refractivity contribution in [3.05, 3.63) is 194 Å². The van der Waals surface area contributed by atoms with Crippen molar-refractivity contribution in [2.75, 3.05) is 0 Å². The van der Waals surface area contributed by atoms with Gasteiger partial charge in [-0.05, 0) is 105 Å². The number of rotatable bonds is 6. The van der Waals surface area contributed by atoms with Crippen LogP contribution in [0.2, 0.25) is 0 Å². The van der Waals surface area contributed by atoms with Gasteiger partial charge < -0.3 is 8.98 Å². The fourth-order valence-electron chi connectivity index (χ4n) is 7.59. The summed E-state index contributed by atoms with van der Waals surface area (Å²) in [6.45, 7) is 0. The monoisotopic (exact) mass is 664 g/mol. The molecule has 0 amide bonds. The van der Waals surface area contributed by atoms with Gasteiger partial charge in [0.25, 0.3) is 0 Å². The molecule has 2 aromatic heterocycles. The molecular weight excluding hydrogens is 633 g/mol. The second-order valence-corrected chi connectivity index (χ2v) is 13.2. The first-order valence-corrected chi connectivity index (χ1v) is 17.6. The van der Waals surface area contributed by atoms with Crippen molar-refractivity contribution in [1.29, 1.82) is 0 Å². The SMILES string of the molecule is c1ccc(-c2ccccc2-c2ccc3c(c2)c2cc(-c4ccccc4-c4ccccc4)ccc2n3-c2ccc(-c3nc4ccccc4o3)cc2)cc1. The smallest absolute Gasteiger partial charge is 0.227 e. The highest BCUT2D eigenvalue weighted by Gasteiger charge is 2.18. The Morgan fingerprint density at radius 1 is 0.365 bits per heavy atom. The largest absolute Gasteiger partial charge is 0.436 e. The predicted octanol–water partition coefficient (Wildman–Crippen LogP) is 13.3. The summed E-state index contributed by atoms with van der Waals surface area (Å²) in [6.07, 6.45) is 0. The molecule has 0 unspecified atom stereocenters. The number of hydrogen-bond donors (Lipinski definition) is 0. The maximum Gasteiger partial charge on any atom is 0.227 e. The van der Waals surface area contributed by atoms with Gasteiger partial charge in [0.05, 0.1) is 11.0 Å². The molecule has 0 aliphatic rings. The summed E-state index contributed by atoms with van der Waals surface area (Å²) in [5.74, 6) is 0.624. The van der Waals surface area contributed by atoms with Gasteiger partial charge in [-0.3, -0.25) is 0 Å². The van der Waals surface area contributed by atoms with Crippen molar-refractivity contribution in [2.45, 2.75) is 0 Å². The van der Waals surface area contributed by atoms with Crippen LogP contribution >= 0.6 is 0 Å². The maximum atomic E-state index is 6.10. The van der Waals surface area contributed by atoms with Crippen molar-refractivity contribution < 1.29 is 4.42 Å². The van der Waals surface area contributed by atoms with Crippen LogP contribution in [0.3, 0.4) is 0 Å². The normalized spacial score (nSPS) is 11.5. The quantitative estimate of drug-likeness (QED) is 0.177. The van der Waals surface area contributed by atoms with E-state index in [4.69, 9.17) is 9.40 Å². The fourth-order valence-corrected chi connectivity index (χ4v) is 7.59. The highest BCUT2D eigenvalue weighted by molar-refractivity contribution is 6.12. The third kappa shape index (κ3) is 5.10.